The van der Waals surface area contributed by atoms with Gasteiger partial charge in [-0.05, 0) is 39.7 Å². The number of nitrogens with zero attached hydrogens (tertiary/aromatic N) is 6. The molecule has 12 heteroatoms. The number of fused-ring (bicyclic) bond motifs is 1. The Hall–Kier alpha value is -3.67. The summed E-state index contributed by atoms with van der Waals surface area (Å²) in [4.78, 5) is 36.2. The number of aliphatic hydroxyl groups excluding tert-OH is 1. The van der Waals surface area contributed by atoms with E-state index in [1.807, 2.05) is 45.6 Å². The predicted molar refractivity (Wildman–Crippen MR) is 143 cm³/mol. The number of aromatic nitrogens is 5. The molecule has 3 aromatic rings. The van der Waals surface area contributed by atoms with Gasteiger partial charge in [0.1, 0.15) is 16.9 Å². The third kappa shape index (κ3) is 7.19. The fourth-order valence-corrected chi connectivity index (χ4v) is 4.04. The molecule has 12 nitrogen and oxygen atoms in total. The molecule has 1 aliphatic heterocycles. The number of pyridine rings is 1. The molecule has 1 amide bonds. The van der Waals surface area contributed by atoms with Gasteiger partial charge in [-0.25, -0.2) is 9.78 Å². The SMILES string of the molecule is CC.Cn1c(=O)c(N2CCC(NC(=O)OC(C)(C)C)CC2)cc2cnc(Nc3cnn(CCO)c3)nc21. The molecule has 1 aliphatic rings. The van der Waals surface area contributed by atoms with Gasteiger partial charge in [-0.2, -0.15) is 10.1 Å². The van der Waals surface area contributed by atoms with Crippen LogP contribution in [0, 0.1) is 0 Å². The van der Waals surface area contributed by atoms with Crippen molar-refractivity contribution in [2.24, 2.45) is 7.05 Å². The first kappa shape index (κ1) is 27.9. The number of hydrogen-bond acceptors (Lipinski definition) is 9. The fraction of sp³-hybridized carbons (Fsp3) is 0.560. The largest absolute Gasteiger partial charge is 0.444 e. The highest BCUT2D eigenvalue weighted by Gasteiger charge is 2.25. The van der Waals surface area contributed by atoms with Crippen molar-refractivity contribution in [3.05, 3.63) is 35.0 Å². The Morgan fingerprint density at radius 1 is 1.22 bits per heavy atom. The van der Waals surface area contributed by atoms with Gasteiger partial charge in [0.25, 0.3) is 5.56 Å². The van der Waals surface area contributed by atoms with Crippen molar-refractivity contribution in [3.63, 3.8) is 0 Å². The highest BCUT2D eigenvalue weighted by atomic mass is 16.6. The van der Waals surface area contributed by atoms with Crippen LogP contribution in [0.3, 0.4) is 0 Å². The van der Waals surface area contributed by atoms with Crippen LogP contribution in [-0.4, -0.2) is 66.9 Å². The van der Waals surface area contributed by atoms with Gasteiger partial charge in [0.15, 0.2) is 0 Å². The van der Waals surface area contributed by atoms with Gasteiger partial charge in [0.2, 0.25) is 5.95 Å². The normalized spacial score (nSPS) is 14.2. The van der Waals surface area contributed by atoms with Crippen LogP contribution in [0.25, 0.3) is 11.0 Å². The van der Waals surface area contributed by atoms with E-state index in [4.69, 9.17) is 9.84 Å². The minimum Gasteiger partial charge on any atom is -0.444 e. The molecule has 3 aromatic heterocycles. The second-order valence-corrected chi connectivity index (χ2v) is 9.61. The third-order valence-corrected chi connectivity index (χ3v) is 5.70. The monoisotopic (exact) mass is 514 g/mol. The van der Waals surface area contributed by atoms with Crippen LogP contribution in [0.15, 0.2) is 29.5 Å². The van der Waals surface area contributed by atoms with Crippen LogP contribution in [0.2, 0.25) is 0 Å². The van der Waals surface area contributed by atoms with Crippen LogP contribution in [0.5, 0.6) is 0 Å². The molecule has 0 atom stereocenters. The summed E-state index contributed by atoms with van der Waals surface area (Å²) in [6, 6.07) is 1.83. The molecule has 4 heterocycles. The van der Waals surface area contributed by atoms with E-state index in [1.165, 1.54) is 4.57 Å². The minimum absolute atomic E-state index is 0.00380. The molecule has 0 saturated carbocycles. The summed E-state index contributed by atoms with van der Waals surface area (Å²) in [5.74, 6) is 0.345. The van der Waals surface area contributed by atoms with Gasteiger partial charge in [-0.3, -0.25) is 14.0 Å². The average molecular weight is 515 g/mol. The van der Waals surface area contributed by atoms with Crippen molar-refractivity contribution < 1.29 is 14.6 Å². The summed E-state index contributed by atoms with van der Waals surface area (Å²) in [5, 5.41) is 19.9. The molecule has 0 aliphatic carbocycles. The van der Waals surface area contributed by atoms with Crippen molar-refractivity contribution in [1.29, 1.82) is 0 Å². The van der Waals surface area contributed by atoms with Crippen molar-refractivity contribution in [3.8, 4) is 0 Å². The maximum Gasteiger partial charge on any atom is 0.407 e. The molecule has 4 rings (SSSR count). The Morgan fingerprint density at radius 3 is 2.57 bits per heavy atom. The number of carbonyl (C=O) groups is 1. The van der Waals surface area contributed by atoms with Gasteiger partial charge in [-0.1, -0.05) is 13.8 Å². The van der Waals surface area contributed by atoms with Crippen LogP contribution in [0.4, 0.5) is 22.1 Å². The molecule has 0 bridgehead atoms. The Bertz CT molecular complexity index is 1260. The molecule has 3 N–H and O–H groups in total. The number of alkyl carbamates (subject to hydrolysis) is 1. The molecule has 1 saturated heterocycles. The quantitative estimate of drug-likeness (QED) is 0.453. The average Bonchev–Trinajstić information content (AvgIpc) is 3.29. The van der Waals surface area contributed by atoms with Crippen LogP contribution in [0.1, 0.15) is 47.5 Å². The zero-order valence-corrected chi connectivity index (χ0v) is 22.5. The van der Waals surface area contributed by atoms with Gasteiger partial charge in [0, 0.05) is 44.0 Å². The van der Waals surface area contributed by atoms with Crippen LogP contribution in [-0.2, 0) is 18.3 Å². The van der Waals surface area contributed by atoms with E-state index >= 15 is 0 Å². The van der Waals surface area contributed by atoms with Crippen LogP contribution < -0.4 is 21.1 Å². The Balaban J connectivity index is 0.00000186. The fourth-order valence-electron chi connectivity index (χ4n) is 4.04. The smallest absolute Gasteiger partial charge is 0.407 e. The van der Waals surface area contributed by atoms with E-state index in [1.54, 1.807) is 30.3 Å². The molecule has 202 valence electrons. The standard InChI is InChI=1S/C23H32N8O4.C2H6/c1-23(2,3)35-22(34)27-16-5-7-30(8-6-16)18-11-15-12-24-21(28-19(15)29(4)20(18)33)26-17-13-25-31(14-17)9-10-32;1-2/h11-14,16,32H,5-10H2,1-4H3,(H,27,34)(H,24,26,28);1-2H3. The number of carbonyl (C=O) groups excluding carboxylic acids is 1. The Labute approximate surface area is 216 Å². The topological polar surface area (TPSA) is 139 Å². The first-order valence-electron chi connectivity index (χ1n) is 12.6. The van der Waals surface area contributed by atoms with Crippen molar-refractivity contribution in [2.75, 3.05) is 29.9 Å². The molecule has 0 spiro atoms. The molecule has 0 aromatic carbocycles. The summed E-state index contributed by atoms with van der Waals surface area (Å²) in [5.41, 5.74) is 1.10. The predicted octanol–water partition coefficient (Wildman–Crippen LogP) is 2.78. The summed E-state index contributed by atoms with van der Waals surface area (Å²) in [6.45, 7) is 11.2. The summed E-state index contributed by atoms with van der Waals surface area (Å²) >= 11 is 0. The Kier molecular flexibility index (Phi) is 9.09. The van der Waals surface area contributed by atoms with E-state index in [9.17, 15) is 9.59 Å². The molecule has 1 fully saturated rings. The molecular weight excluding hydrogens is 476 g/mol. The van der Waals surface area contributed by atoms with Crippen LogP contribution >= 0.6 is 0 Å². The number of rotatable bonds is 6. The molecule has 37 heavy (non-hydrogen) atoms. The van der Waals surface area contributed by atoms with Gasteiger partial charge in [-0.15, -0.1) is 0 Å². The van der Waals surface area contributed by atoms with E-state index in [0.29, 0.717) is 55.4 Å². The van der Waals surface area contributed by atoms with Gasteiger partial charge >= 0.3 is 6.09 Å². The lowest BCUT2D eigenvalue weighted by molar-refractivity contribution is 0.0497. The van der Waals surface area contributed by atoms with Gasteiger partial charge < -0.3 is 25.4 Å². The number of nitrogens with one attached hydrogen (secondary N) is 2. The first-order valence-corrected chi connectivity index (χ1v) is 12.6. The minimum atomic E-state index is -0.540. The lowest BCUT2D eigenvalue weighted by Crippen LogP contribution is -2.47. The number of amides is 1. The lowest BCUT2D eigenvalue weighted by atomic mass is 10.0. The van der Waals surface area contributed by atoms with Crippen molar-refractivity contribution >= 4 is 34.4 Å². The highest BCUT2D eigenvalue weighted by molar-refractivity contribution is 5.79. The lowest BCUT2D eigenvalue weighted by Gasteiger charge is -2.34. The second kappa shape index (κ2) is 12.0. The molecule has 0 unspecified atom stereocenters. The summed E-state index contributed by atoms with van der Waals surface area (Å²) in [7, 11) is 1.70. The number of anilines is 3. The highest BCUT2D eigenvalue weighted by Crippen LogP contribution is 2.22. The molecule has 0 radical (unpaired) electrons. The van der Waals surface area contributed by atoms with E-state index in [0.717, 1.165) is 5.39 Å². The second-order valence-electron chi connectivity index (χ2n) is 9.61. The molecular formula is C25H38N8O4. The first-order chi connectivity index (χ1) is 17.6. The number of aliphatic hydroxyl groups is 1. The van der Waals surface area contributed by atoms with Gasteiger partial charge in [0.05, 0.1) is 25.0 Å². The van der Waals surface area contributed by atoms with Crippen molar-refractivity contribution in [2.45, 2.75) is 65.6 Å². The number of aryl methyl sites for hydroxylation is 1. The van der Waals surface area contributed by atoms with E-state index in [-0.39, 0.29) is 18.2 Å². The number of piperidine rings is 1. The third-order valence-electron chi connectivity index (χ3n) is 5.70. The number of hydrogen-bond donors (Lipinski definition) is 3. The maximum absolute atomic E-state index is 13.2. The van der Waals surface area contributed by atoms with E-state index < -0.39 is 11.7 Å². The number of ether oxygens (including phenoxy) is 1. The maximum atomic E-state index is 13.2. The zero-order chi connectivity index (χ0) is 27.2. The zero-order valence-electron chi connectivity index (χ0n) is 22.5. The Morgan fingerprint density at radius 2 is 1.92 bits per heavy atom. The summed E-state index contributed by atoms with van der Waals surface area (Å²) < 4.78 is 8.48. The summed E-state index contributed by atoms with van der Waals surface area (Å²) in [6.07, 6.45) is 6.05. The van der Waals surface area contributed by atoms with E-state index in [2.05, 4.69) is 25.7 Å². The van der Waals surface area contributed by atoms with Crippen molar-refractivity contribution in [1.82, 2.24) is 29.6 Å².